The summed E-state index contributed by atoms with van der Waals surface area (Å²) >= 11 is 0. The van der Waals surface area contributed by atoms with E-state index in [1.165, 1.54) is 6.92 Å². The first-order chi connectivity index (χ1) is 15.4. The molecule has 170 valence electrons. The van der Waals surface area contributed by atoms with Crippen molar-refractivity contribution in [1.82, 2.24) is 9.99 Å². The topological polar surface area (TPSA) is 94.2 Å². The molecule has 8 nitrogen and oxygen atoms in total. The lowest BCUT2D eigenvalue weighted by molar-refractivity contribution is -0.146. The number of para-hydroxylation sites is 1. The van der Waals surface area contributed by atoms with Gasteiger partial charge in [-0.05, 0) is 37.6 Å². The summed E-state index contributed by atoms with van der Waals surface area (Å²) in [6, 6.07) is 16.4. The summed E-state index contributed by atoms with van der Waals surface area (Å²) in [7, 11) is -3.98. The van der Waals surface area contributed by atoms with E-state index in [-0.39, 0.29) is 24.9 Å². The van der Waals surface area contributed by atoms with E-state index in [0.29, 0.717) is 12.3 Å². The zero-order valence-electron chi connectivity index (χ0n) is 17.9. The molecule has 0 aromatic heterocycles. The van der Waals surface area contributed by atoms with Crippen LogP contribution in [0.4, 0.5) is 0 Å². The third kappa shape index (κ3) is 5.45. The van der Waals surface area contributed by atoms with Crippen molar-refractivity contribution in [2.75, 3.05) is 19.7 Å². The van der Waals surface area contributed by atoms with Gasteiger partial charge in [-0.1, -0.05) is 48.5 Å². The summed E-state index contributed by atoms with van der Waals surface area (Å²) in [5.74, 6) is -0.127. The quantitative estimate of drug-likeness (QED) is 0.429. The molecule has 0 aliphatic carbocycles. The van der Waals surface area contributed by atoms with E-state index in [4.69, 9.17) is 13.8 Å². The summed E-state index contributed by atoms with van der Waals surface area (Å²) in [6.45, 7) is 3.10. The van der Waals surface area contributed by atoms with Crippen LogP contribution in [0, 0.1) is 5.92 Å². The van der Waals surface area contributed by atoms with Crippen LogP contribution in [0.15, 0.2) is 60.7 Å². The molecule has 2 aliphatic heterocycles. The van der Waals surface area contributed by atoms with E-state index in [2.05, 4.69) is 5.09 Å². The van der Waals surface area contributed by atoms with E-state index < -0.39 is 25.8 Å². The van der Waals surface area contributed by atoms with Gasteiger partial charge < -0.3 is 9.26 Å². The van der Waals surface area contributed by atoms with Crippen molar-refractivity contribution in [3.8, 4) is 5.75 Å². The van der Waals surface area contributed by atoms with Gasteiger partial charge in [-0.15, -0.1) is 0 Å². The van der Waals surface area contributed by atoms with Crippen LogP contribution in [0.3, 0.4) is 0 Å². The summed E-state index contributed by atoms with van der Waals surface area (Å²) in [6.07, 6.45) is 0.857. The number of hydrogen-bond donors (Lipinski definition) is 1. The lowest BCUT2D eigenvalue weighted by atomic mass is 9.99. The van der Waals surface area contributed by atoms with Crippen LogP contribution in [-0.4, -0.2) is 48.4 Å². The number of esters is 1. The molecule has 0 saturated carbocycles. The van der Waals surface area contributed by atoms with Crippen LogP contribution in [0.5, 0.6) is 5.75 Å². The second-order valence-electron chi connectivity index (χ2n) is 8.04. The number of ketones is 1. The van der Waals surface area contributed by atoms with Crippen LogP contribution in [0.25, 0.3) is 0 Å². The molecule has 5 atom stereocenters. The highest BCUT2D eigenvalue weighted by atomic mass is 31.2. The smallest absolute Gasteiger partial charge is 0.459 e. The zero-order valence-corrected chi connectivity index (χ0v) is 18.8. The van der Waals surface area contributed by atoms with Crippen LogP contribution in [0.1, 0.15) is 18.9 Å². The minimum atomic E-state index is -3.98. The van der Waals surface area contributed by atoms with E-state index in [9.17, 15) is 14.2 Å². The third-order valence-electron chi connectivity index (χ3n) is 5.69. The first-order valence-electron chi connectivity index (χ1n) is 10.7. The molecule has 2 aromatic carbocycles. The summed E-state index contributed by atoms with van der Waals surface area (Å²) < 4.78 is 30.2. The van der Waals surface area contributed by atoms with Gasteiger partial charge in [-0.3, -0.25) is 19.0 Å². The molecule has 9 heteroatoms. The highest BCUT2D eigenvalue weighted by Gasteiger charge is 2.46. The predicted octanol–water partition coefficient (Wildman–Crippen LogP) is 3.18. The molecule has 32 heavy (non-hydrogen) atoms. The van der Waals surface area contributed by atoms with Gasteiger partial charge in [0, 0.05) is 12.5 Å². The van der Waals surface area contributed by atoms with Crippen molar-refractivity contribution in [3.63, 3.8) is 0 Å². The Morgan fingerprint density at radius 1 is 1.16 bits per heavy atom. The lowest BCUT2D eigenvalue weighted by Crippen LogP contribution is -2.41. The average molecular weight is 458 g/mol. The number of nitrogens with one attached hydrogen (secondary N) is 1. The van der Waals surface area contributed by atoms with Crippen molar-refractivity contribution in [3.05, 3.63) is 66.2 Å². The number of piperidine rings is 1. The minimum absolute atomic E-state index is 0.0258. The second kappa shape index (κ2) is 9.96. The Hall–Kier alpha value is -2.51. The largest absolute Gasteiger partial charge is 0.460 e. The Labute approximate surface area is 187 Å². The Balaban J connectivity index is 1.40. The minimum Gasteiger partial charge on any atom is -0.460 e. The van der Waals surface area contributed by atoms with Crippen molar-refractivity contribution in [2.24, 2.45) is 5.92 Å². The average Bonchev–Trinajstić information content (AvgIpc) is 3.39. The van der Waals surface area contributed by atoms with Gasteiger partial charge in [0.1, 0.15) is 18.4 Å². The standard InChI is InChI=1S/C23H27N2O6P/c1-17(23(27)29-15-18-8-4-2-5-9-18)24-32(28,31-20-10-6-3-7-11-20)30-16-21-22(26)19-12-13-25(21)14-19/h2-11,17,19,21H,12-16H2,1H3,(H,24,28)/t17-,19-,21?,32?/m0/s1. The Kier molecular flexibility index (Phi) is 7.06. The Morgan fingerprint density at radius 2 is 1.84 bits per heavy atom. The van der Waals surface area contributed by atoms with E-state index in [0.717, 1.165) is 18.5 Å². The van der Waals surface area contributed by atoms with Crippen molar-refractivity contribution >= 4 is 19.5 Å². The number of benzene rings is 2. The first kappa shape index (κ1) is 22.7. The normalized spacial score (nSPS) is 24.7. The molecule has 2 aliphatic rings. The molecule has 0 radical (unpaired) electrons. The van der Waals surface area contributed by atoms with Gasteiger partial charge in [0.2, 0.25) is 0 Å². The van der Waals surface area contributed by atoms with Gasteiger partial charge in [-0.25, -0.2) is 4.57 Å². The number of carbonyl (C=O) groups is 2. The number of fused-ring (bicyclic) bond motifs is 2. The molecule has 0 amide bonds. The molecule has 3 unspecified atom stereocenters. The van der Waals surface area contributed by atoms with Crippen LogP contribution in [-0.2, 0) is 30.0 Å². The molecule has 2 bridgehead atoms. The monoisotopic (exact) mass is 458 g/mol. The maximum absolute atomic E-state index is 13.5. The predicted molar refractivity (Wildman–Crippen MR) is 118 cm³/mol. The molecule has 2 saturated heterocycles. The number of carbonyl (C=O) groups excluding carboxylic acids is 2. The van der Waals surface area contributed by atoms with Crippen LogP contribution >= 0.6 is 7.75 Å². The molecule has 2 fully saturated rings. The highest BCUT2D eigenvalue weighted by Crippen LogP contribution is 2.46. The van der Waals surface area contributed by atoms with Crippen molar-refractivity contribution in [2.45, 2.75) is 32.0 Å². The van der Waals surface area contributed by atoms with Gasteiger partial charge >= 0.3 is 13.7 Å². The molecular weight excluding hydrogens is 431 g/mol. The maximum Gasteiger partial charge on any atom is 0.459 e. The van der Waals surface area contributed by atoms with Gasteiger partial charge in [0.05, 0.1) is 12.6 Å². The number of Topliss-reactive ketones (excluding diaryl/α,β-unsaturated/α-hetero) is 1. The summed E-state index contributed by atoms with van der Waals surface area (Å²) in [5, 5.41) is 2.67. The number of hydrogen-bond acceptors (Lipinski definition) is 7. The Morgan fingerprint density at radius 3 is 2.50 bits per heavy atom. The van der Waals surface area contributed by atoms with Crippen molar-refractivity contribution in [1.29, 1.82) is 0 Å². The summed E-state index contributed by atoms with van der Waals surface area (Å²) in [5.41, 5.74) is 0.844. The van der Waals surface area contributed by atoms with Gasteiger partial charge in [-0.2, -0.15) is 5.09 Å². The fourth-order valence-electron chi connectivity index (χ4n) is 3.96. The zero-order chi connectivity index (χ0) is 22.6. The highest BCUT2D eigenvalue weighted by molar-refractivity contribution is 7.52. The van der Waals surface area contributed by atoms with Crippen LogP contribution in [0.2, 0.25) is 0 Å². The van der Waals surface area contributed by atoms with Crippen LogP contribution < -0.4 is 9.61 Å². The fourth-order valence-corrected chi connectivity index (χ4v) is 5.46. The Bertz CT molecular complexity index is 986. The molecule has 2 heterocycles. The molecule has 1 N–H and O–H groups in total. The SMILES string of the molecule is C[C@H](NP(=O)(OCC1C(=O)[C@H]2CCN1C2)Oc1ccccc1)C(=O)OCc1ccccc1. The van der Waals surface area contributed by atoms with Crippen molar-refractivity contribution < 1.29 is 27.9 Å². The van der Waals surface area contributed by atoms with E-state index in [1.54, 1.807) is 30.3 Å². The van der Waals surface area contributed by atoms with Gasteiger partial charge in [0.25, 0.3) is 0 Å². The number of ether oxygens (including phenoxy) is 1. The second-order valence-corrected chi connectivity index (χ2v) is 9.73. The molecular formula is C23H27N2O6P. The number of rotatable bonds is 10. The lowest BCUT2D eigenvalue weighted by Gasteiger charge is -2.27. The van der Waals surface area contributed by atoms with E-state index in [1.807, 2.05) is 35.2 Å². The maximum atomic E-state index is 13.5. The molecule has 0 spiro atoms. The summed E-state index contributed by atoms with van der Waals surface area (Å²) in [4.78, 5) is 27.0. The molecule has 4 rings (SSSR count). The third-order valence-corrected chi connectivity index (χ3v) is 7.34. The first-order valence-corrected chi connectivity index (χ1v) is 12.2. The fraction of sp³-hybridized carbons (Fsp3) is 0.391. The number of nitrogens with zero attached hydrogens (tertiary/aromatic N) is 1. The van der Waals surface area contributed by atoms with E-state index >= 15 is 0 Å². The molecule has 2 aromatic rings. The van der Waals surface area contributed by atoms with Gasteiger partial charge in [0.15, 0.2) is 5.78 Å².